The average molecular weight is 210 g/mol. The van der Waals surface area contributed by atoms with Crippen LogP contribution < -0.4 is 11.1 Å². The van der Waals surface area contributed by atoms with Gasteiger partial charge in [-0.25, -0.2) is 4.39 Å². The van der Waals surface area contributed by atoms with Crippen LogP contribution in [0.25, 0.3) is 0 Å². The molecule has 15 heavy (non-hydrogen) atoms. The summed E-state index contributed by atoms with van der Waals surface area (Å²) in [5, 5.41) is 3.18. The smallest absolute Gasteiger partial charge is 0.125 e. The minimum Gasteiger partial charge on any atom is -0.397 e. The van der Waals surface area contributed by atoms with Gasteiger partial charge in [-0.1, -0.05) is 20.8 Å². The van der Waals surface area contributed by atoms with Crippen LogP contribution in [-0.2, 0) is 0 Å². The summed E-state index contributed by atoms with van der Waals surface area (Å²) in [6.45, 7) is 7.25. The van der Waals surface area contributed by atoms with E-state index in [1.54, 1.807) is 6.07 Å². The molecule has 0 aromatic heterocycles. The van der Waals surface area contributed by atoms with E-state index in [4.69, 9.17) is 5.73 Å². The highest BCUT2D eigenvalue weighted by Gasteiger charge is 2.14. The Morgan fingerprint density at radius 3 is 2.67 bits per heavy atom. The molecule has 0 heterocycles. The number of halogens is 1. The lowest BCUT2D eigenvalue weighted by atomic mass is 9.90. The number of anilines is 2. The first kappa shape index (κ1) is 11.8. The Morgan fingerprint density at radius 2 is 2.07 bits per heavy atom. The van der Waals surface area contributed by atoms with Crippen molar-refractivity contribution < 1.29 is 4.39 Å². The zero-order valence-electron chi connectivity index (χ0n) is 9.60. The predicted molar refractivity (Wildman–Crippen MR) is 63.4 cm³/mol. The molecule has 0 aliphatic rings. The molecule has 0 amide bonds. The molecule has 1 aromatic rings. The number of benzene rings is 1. The minimum absolute atomic E-state index is 0.193. The lowest BCUT2D eigenvalue weighted by molar-refractivity contribution is 0.377. The van der Waals surface area contributed by atoms with Crippen LogP contribution >= 0.6 is 0 Å². The second-order valence-corrected chi connectivity index (χ2v) is 4.60. The molecule has 0 unspecified atom stereocenters. The van der Waals surface area contributed by atoms with Crippen LogP contribution in [-0.4, -0.2) is 6.54 Å². The highest BCUT2D eigenvalue weighted by atomic mass is 19.1. The van der Waals surface area contributed by atoms with Gasteiger partial charge in [0.1, 0.15) is 5.82 Å². The van der Waals surface area contributed by atoms with Crippen molar-refractivity contribution in [2.24, 2.45) is 5.41 Å². The number of hydrogen-bond donors (Lipinski definition) is 2. The predicted octanol–water partition coefficient (Wildman–Crippen LogP) is 3.26. The molecular weight excluding hydrogens is 191 g/mol. The number of hydrogen-bond acceptors (Lipinski definition) is 2. The second kappa shape index (κ2) is 4.51. The maximum absolute atomic E-state index is 13.0. The van der Waals surface area contributed by atoms with Crippen molar-refractivity contribution in [1.82, 2.24) is 0 Å². The molecule has 3 heteroatoms. The van der Waals surface area contributed by atoms with Crippen LogP contribution in [0.15, 0.2) is 18.2 Å². The molecule has 1 rings (SSSR count). The maximum Gasteiger partial charge on any atom is 0.125 e. The molecule has 0 spiro atoms. The van der Waals surface area contributed by atoms with Crippen molar-refractivity contribution in [1.29, 1.82) is 0 Å². The van der Waals surface area contributed by atoms with E-state index in [0.717, 1.165) is 13.0 Å². The maximum atomic E-state index is 13.0. The average Bonchev–Trinajstić information content (AvgIpc) is 2.20. The number of nitrogen functional groups attached to an aromatic ring is 1. The lowest BCUT2D eigenvalue weighted by Gasteiger charge is -2.24. The van der Waals surface area contributed by atoms with E-state index < -0.39 is 0 Å². The Hall–Kier alpha value is -1.25. The Balaban J connectivity index is 2.69. The van der Waals surface area contributed by atoms with Crippen LogP contribution in [0.5, 0.6) is 0 Å². The van der Waals surface area contributed by atoms with Crippen molar-refractivity contribution in [3.63, 3.8) is 0 Å². The largest absolute Gasteiger partial charge is 0.397 e. The van der Waals surface area contributed by atoms with Crippen molar-refractivity contribution in [2.75, 3.05) is 17.6 Å². The van der Waals surface area contributed by atoms with Gasteiger partial charge in [0.2, 0.25) is 0 Å². The fourth-order valence-corrected chi connectivity index (χ4v) is 1.14. The fraction of sp³-hybridized carbons (Fsp3) is 0.500. The fourth-order valence-electron chi connectivity index (χ4n) is 1.14. The highest BCUT2D eigenvalue weighted by molar-refractivity contribution is 5.65. The molecular formula is C12H19FN2. The summed E-state index contributed by atoms with van der Waals surface area (Å²) in [7, 11) is 0. The van der Waals surface area contributed by atoms with Gasteiger partial charge in [0.05, 0.1) is 11.4 Å². The van der Waals surface area contributed by atoms with E-state index in [0.29, 0.717) is 11.4 Å². The zero-order chi connectivity index (χ0) is 11.5. The molecule has 0 fully saturated rings. The Morgan fingerprint density at radius 1 is 1.40 bits per heavy atom. The summed E-state index contributed by atoms with van der Waals surface area (Å²) in [4.78, 5) is 0. The van der Waals surface area contributed by atoms with Crippen LogP contribution in [0.4, 0.5) is 15.8 Å². The van der Waals surface area contributed by atoms with Crippen molar-refractivity contribution in [2.45, 2.75) is 27.2 Å². The van der Waals surface area contributed by atoms with Gasteiger partial charge in [-0.15, -0.1) is 0 Å². The molecule has 3 N–H and O–H groups in total. The van der Waals surface area contributed by atoms with Gasteiger partial charge in [-0.2, -0.15) is 0 Å². The summed E-state index contributed by atoms with van der Waals surface area (Å²) in [5.41, 5.74) is 7.19. The molecule has 1 aromatic carbocycles. The monoisotopic (exact) mass is 210 g/mol. The molecule has 0 saturated carbocycles. The first-order valence-electron chi connectivity index (χ1n) is 5.23. The summed E-state index contributed by atoms with van der Waals surface area (Å²) < 4.78 is 13.0. The van der Waals surface area contributed by atoms with Crippen LogP contribution in [0, 0.1) is 11.2 Å². The highest BCUT2D eigenvalue weighted by Crippen LogP contribution is 2.24. The first-order chi connectivity index (χ1) is 6.94. The Bertz CT molecular complexity index is 334. The van der Waals surface area contributed by atoms with Gasteiger partial charge in [0.15, 0.2) is 0 Å². The normalized spacial score (nSPS) is 11.5. The SMILES string of the molecule is CCC(C)(C)CNc1cc(F)ccc1N. The third-order valence-electron chi connectivity index (χ3n) is 2.73. The van der Waals surface area contributed by atoms with Crippen LogP contribution in [0.1, 0.15) is 27.2 Å². The summed E-state index contributed by atoms with van der Waals surface area (Å²) in [6, 6.07) is 4.38. The van der Waals surface area contributed by atoms with E-state index in [2.05, 4.69) is 26.1 Å². The summed E-state index contributed by atoms with van der Waals surface area (Å²) in [5.74, 6) is -0.263. The lowest BCUT2D eigenvalue weighted by Crippen LogP contribution is -2.22. The van der Waals surface area contributed by atoms with Crippen LogP contribution in [0.3, 0.4) is 0 Å². The Kier molecular flexibility index (Phi) is 3.56. The molecule has 84 valence electrons. The third-order valence-corrected chi connectivity index (χ3v) is 2.73. The standard InChI is InChI=1S/C12H19FN2/c1-4-12(2,3)8-15-11-7-9(13)5-6-10(11)14/h5-7,15H,4,8,14H2,1-3H3. The number of nitrogens with two attached hydrogens (primary N) is 1. The van der Waals surface area contributed by atoms with E-state index in [9.17, 15) is 4.39 Å². The van der Waals surface area contributed by atoms with E-state index in [1.165, 1.54) is 12.1 Å². The van der Waals surface area contributed by atoms with Gasteiger partial charge in [-0.05, 0) is 30.0 Å². The van der Waals surface area contributed by atoms with Gasteiger partial charge in [-0.3, -0.25) is 0 Å². The third kappa shape index (κ3) is 3.42. The van der Waals surface area contributed by atoms with E-state index >= 15 is 0 Å². The van der Waals surface area contributed by atoms with Gasteiger partial charge in [0.25, 0.3) is 0 Å². The zero-order valence-corrected chi connectivity index (χ0v) is 9.60. The molecule has 0 aliphatic heterocycles. The van der Waals surface area contributed by atoms with Crippen molar-refractivity contribution in [3.8, 4) is 0 Å². The summed E-state index contributed by atoms with van der Waals surface area (Å²) in [6.07, 6.45) is 1.06. The van der Waals surface area contributed by atoms with Gasteiger partial charge >= 0.3 is 0 Å². The van der Waals surface area contributed by atoms with Crippen molar-refractivity contribution in [3.05, 3.63) is 24.0 Å². The first-order valence-corrected chi connectivity index (χ1v) is 5.23. The molecule has 0 saturated heterocycles. The Labute approximate surface area is 90.7 Å². The van der Waals surface area contributed by atoms with Gasteiger partial charge < -0.3 is 11.1 Å². The molecule has 0 bridgehead atoms. The molecule has 2 nitrogen and oxygen atoms in total. The number of rotatable bonds is 4. The second-order valence-electron chi connectivity index (χ2n) is 4.60. The van der Waals surface area contributed by atoms with Crippen molar-refractivity contribution >= 4 is 11.4 Å². The molecule has 0 radical (unpaired) electrons. The molecule has 0 aliphatic carbocycles. The summed E-state index contributed by atoms with van der Waals surface area (Å²) >= 11 is 0. The molecule has 0 atom stereocenters. The van der Waals surface area contributed by atoms with Crippen LogP contribution in [0.2, 0.25) is 0 Å². The van der Waals surface area contributed by atoms with E-state index in [1.807, 2.05) is 0 Å². The van der Waals surface area contributed by atoms with E-state index in [-0.39, 0.29) is 11.2 Å². The van der Waals surface area contributed by atoms with Gasteiger partial charge in [0, 0.05) is 6.54 Å². The minimum atomic E-state index is -0.263. The topological polar surface area (TPSA) is 38.0 Å². The quantitative estimate of drug-likeness (QED) is 0.748. The number of nitrogens with one attached hydrogen (secondary N) is 1.